The van der Waals surface area contributed by atoms with Crippen LogP contribution in [0.2, 0.25) is 0 Å². The summed E-state index contributed by atoms with van der Waals surface area (Å²) in [5.41, 5.74) is 2.58. The van der Waals surface area contributed by atoms with Crippen molar-refractivity contribution in [2.75, 3.05) is 5.32 Å². The van der Waals surface area contributed by atoms with Gasteiger partial charge in [0, 0.05) is 11.8 Å². The monoisotopic (exact) mass is 269 g/mol. The van der Waals surface area contributed by atoms with Crippen molar-refractivity contribution in [3.05, 3.63) is 71.6 Å². The van der Waals surface area contributed by atoms with Gasteiger partial charge in [-0.05, 0) is 47.9 Å². The first-order valence-electron chi connectivity index (χ1n) is 6.51. The Morgan fingerprint density at radius 3 is 2.75 bits per heavy atom. The fraction of sp³-hybridized carbons (Fsp3) is 0.118. The molecule has 2 nitrogen and oxygen atoms in total. The maximum atomic E-state index is 13.0. The van der Waals surface area contributed by atoms with Gasteiger partial charge in [0.2, 0.25) is 5.91 Å². The van der Waals surface area contributed by atoms with E-state index in [4.69, 9.17) is 0 Å². The second-order valence-electron chi connectivity index (χ2n) is 4.43. The maximum absolute atomic E-state index is 13.0. The summed E-state index contributed by atoms with van der Waals surface area (Å²) in [6.07, 6.45) is 3.90. The van der Waals surface area contributed by atoms with Crippen LogP contribution < -0.4 is 5.32 Å². The molecule has 1 amide bonds. The Kier molecular flexibility index (Phi) is 4.66. The number of nitrogens with one attached hydrogen (secondary N) is 1. The first-order valence-corrected chi connectivity index (χ1v) is 6.51. The number of rotatable bonds is 4. The summed E-state index contributed by atoms with van der Waals surface area (Å²) in [6.45, 7) is 2.06. The summed E-state index contributed by atoms with van der Waals surface area (Å²) in [4.78, 5) is 11.8. The lowest BCUT2D eigenvalue weighted by molar-refractivity contribution is -0.111. The number of halogens is 1. The average molecular weight is 269 g/mol. The largest absolute Gasteiger partial charge is 0.323 e. The molecule has 102 valence electrons. The van der Waals surface area contributed by atoms with Crippen molar-refractivity contribution in [1.29, 1.82) is 0 Å². The maximum Gasteiger partial charge on any atom is 0.248 e. The highest BCUT2D eigenvalue weighted by Crippen LogP contribution is 2.11. The van der Waals surface area contributed by atoms with Crippen molar-refractivity contribution in [3.63, 3.8) is 0 Å². The molecule has 2 aromatic rings. The van der Waals surface area contributed by atoms with E-state index in [9.17, 15) is 9.18 Å². The lowest BCUT2D eigenvalue weighted by atomic mass is 10.1. The zero-order chi connectivity index (χ0) is 14.4. The molecule has 0 aliphatic rings. The Labute approximate surface area is 118 Å². The molecule has 2 rings (SSSR count). The molecule has 0 saturated heterocycles. The quantitative estimate of drug-likeness (QED) is 0.834. The zero-order valence-electron chi connectivity index (χ0n) is 11.3. The Balaban J connectivity index is 2.01. The molecule has 0 radical (unpaired) electrons. The van der Waals surface area contributed by atoms with Gasteiger partial charge < -0.3 is 5.32 Å². The number of amides is 1. The van der Waals surface area contributed by atoms with E-state index in [0.717, 1.165) is 17.7 Å². The number of aryl methyl sites for hydroxylation is 1. The van der Waals surface area contributed by atoms with Crippen LogP contribution in [0, 0.1) is 5.82 Å². The number of benzene rings is 2. The number of carbonyl (C=O) groups excluding carboxylic acids is 1. The number of carbonyl (C=O) groups is 1. The molecule has 0 spiro atoms. The van der Waals surface area contributed by atoms with Crippen molar-refractivity contribution in [3.8, 4) is 0 Å². The molecule has 0 bridgehead atoms. The van der Waals surface area contributed by atoms with Crippen LogP contribution in [0.15, 0.2) is 54.6 Å². The van der Waals surface area contributed by atoms with Crippen LogP contribution in [-0.4, -0.2) is 5.91 Å². The lowest BCUT2D eigenvalue weighted by Crippen LogP contribution is -2.07. The van der Waals surface area contributed by atoms with Crippen LogP contribution >= 0.6 is 0 Å². The molecule has 0 aliphatic carbocycles. The van der Waals surface area contributed by atoms with Crippen molar-refractivity contribution >= 4 is 17.7 Å². The van der Waals surface area contributed by atoms with Gasteiger partial charge in [-0.15, -0.1) is 0 Å². The molecule has 0 fully saturated rings. The van der Waals surface area contributed by atoms with E-state index in [-0.39, 0.29) is 11.7 Å². The van der Waals surface area contributed by atoms with Crippen molar-refractivity contribution in [1.82, 2.24) is 0 Å². The molecular weight excluding hydrogens is 253 g/mol. The van der Waals surface area contributed by atoms with Gasteiger partial charge in [0.05, 0.1) is 0 Å². The van der Waals surface area contributed by atoms with Gasteiger partial charge in [-0.3, -0.25) is 4.79 Å². The van der Waals surface area contributed by atoms with E-state index in [1.807, 2.05) is 24.3 Å². The molecule has 0 unspecified atom stereocenters. The van der Waals surface area contributed by atoms with Crippen molar-refractivity contribution in [2.24, 2.45) is 0 Å². The topological polar surface area (TPSA) is 29.1 Å². The fourth-order valence-corrected chi connectivity index (χ4v) is 1.84. The third-order valence-electron chi connectivity index (χ3n) is 2.88. The standard InChI is InChI=1S/C17H16FNO/c1-2-13-5-4-8-16(12-13)19-17(20)10-9-14-6-3-7-15(18)11-14/h3-12H,2H2,1H3,(H,19,20)/b10-9+. The Bertz CT molecular complexity index is 634. The Morgan fingerprint density at radius 2 is 2.00 bits per heavy atom. The predicted molar refractivity (Wildman–Crippen MR) is 79.9 cm³/mol. The van der Waals surface area contributed by atoms with Crippen LogP contribution in [0.4, 0.5) is 10.1 Å². The average Bonchev–Trinajstić information content (AvgIpc) is 2.45. The van der Waals surface area contributed by atoms with Gasteiger partial charge in [0.25, 0.3) is 0 Å². The zero-order valence-corrected chi connectivity index (χ0v) is 11.3. The van der Waals surface area contributed by atoms with E-state index in [2.05, 4.69) is 12.2 Å². The highest BCUT2D eigenvalue weighted by Gasteiger charge is 1.99. The van der Waals surface area contributed by atoms with Crippen LogP contribution in [-0.2, 0) is 11.2 Å². The summed E-state index contributed by atoms with van der Waals surface area (Å²) in [7, 11) is 0. The van der Waals surface area contributed by atoms with Crippen molar-refractivity contribution < 1.29 is 9.18 Å². The molecule has 0 aromatic heterocycles. The molecular formula is C17H16FNO. The smallest absolute Gasteiger partial charge is 0.248 e. The normalized spacial score (nSPS) is 10.7. The molecule has 20 heavy (non-hydrogen) atoms. The number of hydrogen-bond donors (Lipinski definition) is 1. The van der Waals surface area contributed by atoms with Crippen molar-refractivity contribution in [2.45, 2.75) is 13.3 Å². The van der Waals surface area contributed by atoms with Crippen LogP contribution in [0.5, 0.6) is 0 Å². The van der Waals surface area contributed by atoms with Gasteiger partial charge in [0.15, 0.2) is 0 Å². The minimum atomic E-state index is -0.316. The van der Waals surface area contributed by atoms with E-state index < -0.39 is 0 Å². The third-order valence-corrected chi connectivity index (χ3v) is 2.88. The molecule has 1 N–H and O–H groups in total. The van der Waals surface area contributed by atoms with Gasteiger partial charge >= 0.3 is 0 Å². The molecule has 0 atom stereocenters. The molecule has 2 aromatic carbocycles. The van der Waals surface area contributed by atoms with Gasteiger partial charge in [-0.25, -0.2) is 4.39 Å². The summed E-state index contributed by atoms with van der Waals surface area (Å²) >= 11 is 0. The van der Waals surface area contributed by atoms with Gasteiger partial charge in [0.1, 0.15) is 5.82 Å². The van der Waals surface area contributed by atoms with E-state index in [1.165, 1.54) is 18.2 Å². The fourth-order valence-electron chi connectivity index (χ4n) is 1.84. The summed E-state index contributed by atoms with van der Waals surface area (Å²) < 4.78 is 13.0. The summed E-state index contributed by atoms with van der Waals surface area (Å²) in [6, 6.07) is 13.8. The summed E-state index contributed by atoms with van der Waals surface area (Å²) in [5.74, 6) is -0.550. The SMILES string of the molecule is CCc1cccc(NC(=O)/C=C/c2cccc(F)c2)c1. The molecule has 0 heterocycles. The predicted octanol–water partition coefficient (Wildman–Crippen LogP) is 4.04. The first-order chi connectivity index (χ1) is 9.67. The highest BCUT2D eigenvalue weighted by molar-refractivity contribution is 6.01. The van der Waals surface area contributed by atoms with E-state index >= 15 is 0 Å². The van der Waals surface area contributed by atoms with Gasteiger partial charge in [-0.1, -0.05) is 31.2 Å². The van der Waals surface area contributed by atoms with Crippen LogP contribution in [0.3, 0.4) is 0 Å². The minimum absolute atomic E-state index is 0.234. The Hall–Kier alpha value is -2.42. The summed E-state index contributed by atoms with van der Waals surface area (Å²) in [5, 5.41) is 2.78. The molecule has 3 heteroatoms. The Morgan fingerprint density at radius 1 is 1.20 bits per heavy atom. The number of hydrogen-bond acceptors (Lipinski definition) is 1. The van der Waals surface area contributed by atoms with Gasteiger partial charge in [-0.2, -0.15) is 0 Å². The van der Waals surface area contributed by atoms with E-state index in [0.29, 0.717) is 5.56 Å². The minimum Gasteiger partial charge on any atom is -0.323 e. The second-order valence-corrected chi connectivity index (χ2v) is 4.43. The highest BCUT2D eigenvalue weighted by atomic mass is 19.1. The molecule has 0 saturated carbocycles. The van der Waals surface area contributed by atoms with Crippen LogP contribution in [0.25, 0.3) is 6.08 Å². The first kappa shape index (κ1) is 14.0. The molecule has 0 aliphatic heterocycles. The van der Waals surface area contributed by atoms with E-state index in [1.54, 1.807) is 18.2 Å². The van der Waals surface area contributed by atoms with Crippen LogP contribution in [0.1, 0.15) is 18.1 Å². The lowest BCUT2D eigenvalue weighted by Gasteiger charge is -2.04. The number of anilines is 1. The second kappa shape index (κ2) is 6.66. The third kappa shape index (κ3) is 4.05.